The van der Waals surface area contributed by atoms with Crippen LogP contribution in [0.3, 0.4) is 0 Å². The molecule has 10 atom stereocenters. The van der Waals surface area contributed by atoms with E-state index in [1.807, 2.05) is 0 Å². The van der Waals surface area contributed by atoms with Crippen molar-refractivity contribution in [3.05, 3.63) is 0 Å². The highest BCUT2D eigenvalue weighted by Gasteiger charge is 2.89. The highest BCUT2D eigenvalue weighted by atomic mass is 16.3. The molecular formula is C10H12O2. The van der Waals surface area contributed by atoms with Crippen LogP contribution in [0.15, 0.2) is 0 Å². The van der Waals surface area contributed by atoms with Crippen LogP contribution in [0.2, 0.25) is 0 Å². The molecule has 12 heavy (non-hydrogen) atoms. The van der Waals surface area contributed by atoms with Crippen molar-refractivity contribution in [3.8, 4) is 0 Å². The van der Waals surface area contributed by atoms with Crippen LogP contribution in [0.5, 0.6) is 0 Å². The van der Waals surface area contributed by atoms with Gasteiger partial charge in [-0.15, -0.1) is 0 Å². The second-order valence-electron chi connectivity index (χ2n) is 5.60. The molecule has 6 rings (SSSR count). The lowest BCUT2D eigenvalue weighted by Gasteiger charge is -2.63. The minimum Gasteiger partial charge on any atom is -0.393 e. The molecule has 2 nitrogen and oxygen atoms in total. The molecule has 0 saturated heterocycles. The van der Waals surface area contributed by atoms with E-state index in [9.17, 15) is 10.2 Å². The SMILES string of the molecule is O[C@@H]1[C@@H]2[C@@H]3[C@@H](O)[C@H]4[C@H]2[C@H]2[C@@H]1[C@@H]3[C@H]42. The van der Waals surface area contributed by atoms with Crippen molar-refractivity contribution >= 4 is 0 Å². The van der Waals surface area contributed by atoms with E-state index in [2.05, 4.69) is 0 Å². The largest absolute Gasteiger partial charge is 0.393 e. The van der Waals surface area contributed by atoms with Gasteiger partial charge in [0.25, 0.3) is 0 Å². The topological polar surface area (TPSA) is 40.5 Å². The Bertz CT molecular complexity index is 268. The first-order chi connectivity index (χ1) is 5.82. The fourth-order valence-corrected chi connectivity index (χ4v) is 6.15. The number of aliphatic hydroxyl groups excluding tert-OH is 2. The van der Waals surface area contributed by atoms with E-state index in [1.54, 1.807) is 0 Å². The highest BCUT2D eigenvalue weighted by molar-refractivity contribution is 5.36. The van der Waals surface area contributed by atoms with Crippen LogP contribution in [0.1, 0.15) is 0 Å². The average Bonchev–Trinajstić information content (AvgIpc) is 2.45. The lowest BCUT2D eigenvalue weighted by molar-refractivity contribution is -0.176. The normalized spacial score (nSPS) is 90.5. The fraction of sp³-hybridized carbons (Fsp3) is 1.00. The molecule has 0 aromatic carbocycles. The molecule has 6 aliphatic rings. The van der Waals surface area contributed by atoms with Gasteiger partial charge in [-0.1, -0.05) is 0 Å². The molecule has 0 spiro atoms. The molecule has 0 unspecified atom stereocenters. The Kier molecular flexibility index (Phi) is 0.561. The molecule has 0 amide bonds. The number of hydrogen-bond acceptors (Lipinski definition) is 2. The summed E-state index contributed by atoms with van der Waals surface area (Å²) < 4.78 is 0. The third-order valence-corrected chi connectivity index (χ3v) is 6.02. The van der Waals surface area contributed by atoms with Crippen LogP contribution < -0.4 is 0 Å². The van der Waals surface area contributed by atoms with Crippen LogP contribution in [-0.4, -0.2) is 22.4 Å². The molecular weight excluding hydrogens is 152 g/mol. The first-order valence-corrected chi connectivity index (χ1v) is 5.18. The van der Waals surface area contributed by atoms with Crippen molar-refractivity contribution in [2.75, 3.05) is 0 Å². The molecule has 4 bridgehead atoms. The van der Waals surface area contributed by atoms with Gasteiger partial charge in [0.1, 0.15) is 0 Å². The van der Waals surface area contributed by atoms with Crippen molar-refractivity contribution in [1.29, 1.82) is 0 Å². The molecule has 6 saturated carbocycles. The summed E-state index contributed by atoms with van der Waals surface area (Å²) in [4.78, 5) is 0. The van der Waals surface area contributed by atoms with Gasteiger partial charge in [0.05, 0.1) is 12.2 Å². The van der Waals surface area contributed by atoms with Crippen LogP contribution in [0.4, 0.5) is 0 Å². The van der Waals surface area contributed by atoms with E-state index in [0.717, 1.165) is 23.7 Å². The smallest absolute Gasteiger partial charge is 0.0608 e. The Labute approximate surface area is 70.6 Å². The maximum absolute atomic E-state index is 9.93. The first-order valence-electron chi connectivity index (χ1n) is 5.18. The maximum atomic E-state index is 9.93. The zero-order chi connectivity index (χ0) is 7.77. The minimum atomic E-state index is -0.0200. The Morgan fingerprint density at radius 1 is 0.417 bits per heavy atom. The first kappa shape index (κ1) is 5.61. The molecule has 0 radical (unpaired) electrons. The third kappa shape index (κ3) is 0.252. The van der Waals surface area contributed by atoms with E-state index in [-0.39, 0.29) is 12.2 Å². The van der Waals surface area contributed by atoms with Gasteiger partial charge >= 0.3 is 0 Å². The molecule has 2 heteroatoms. The van der Waals surface area contributed by atoms with E-state index >= 15 is 0 Å². The zero-order valence-electron chi connectivity index (χ0n) is 6.67. The lowest BCUT2D eigenvalue weighted by Crippen LogP contribution is -2.61. The van der Waals surface area contributed by atoms with E-state index < -0.39 is 0 Å². The Morgan fingerprint density at radius 2 is 0.667 bits per heavy atom. The summed E-state index contributed by atoms with van der Waals surface area (Å²) in [5.74, 6) is 5.51. The maximum Gasteiger partial charge on any atom is 0.0608 e. The van der Waals surface area contributed by atoms with Crippen LogP contribution >= 0.6 is 0 Å². The summed E-state index contributed by atoms with van der Waals surface area (Å²) in [7, 11) is 0. The average molecular weight is 164 g/mol. The van der Waals surface area contributed by atoms with E-state index in [0.29, 0.717) is 23.7 Å². The molecule has 0 aliphatic heterocycles. The van der Waals surface area contributed by atoms with Gasteiger partial charge in [0.15, 0.2) is 0 Å². The molecule has 6 aliphatic carbocycles. The summed E-state index contributed by atoms with van der Waals surface area (Å²) in [5, 5.41) is 19.9. The Hall–Kier alpha value is -0.0800. The number of aliphatic hydroxyl groups is 2. The van der Waals surface area contributed by atoms with Gasteiger partial charge in [-0.3, -0.25) is 0 Å². The van der Waals surface area contributed by atoms with Crippen molar-refractivity contribution in [3.63, 3.8) is 0 Å². The van der Waals surface area contributed by atoms with Gasteiger partial charge in [0.2, 0.25) is 0 Å². The summed E-state index contributed by atoms with van der Waals surface area (Å²) in [6, 6.07) is 0. The van der Waals surface area contributed by atoms with E-state index in [4.69, 9.17) is 0 Å². The number of hydrogen-bond donors (Lipinski definition) is 2. The standard InChI is InChI=1S/C10H12O2/c11-9-5-1-2-4(5)8-7(9)3(1)6(2)10(8)12/h1-12H/t1-,2+,3+,4-,5-,6-,7-,8+,9+,10+/m1/s1. The van der Waals surface area contributed by atoms with Gasteiger partial charge in [-0.25, -0.2) is 0 Å². The van der Waals surface area contributed by atoms with Gasteiger partial charge in [0, 0.05) is 0 Å². The molecule has 6 fully saturated rings. The summed E-state index contributed by atoms with van der Waals surface area (Å²) in [6.07, 6.45) is -0.0400. The second kappa shape index (κ2) is 1.20. The van der Waals surface area contributed by atoms with Crippen molar-refractivity contribution < 1.29 is 10.2 Å². The molecule has 0 aromatic heterocycles. The minimum absolute atomic E-state index is 0.0200. The predicted molar refractivity (Wildman–Crippen MR) is 39.9 cm³/mol. The Morgan fingerprint density at radius 3 is 1.00 bits per heavy atom. The van der Waals surface area contributed by atoms with E-state index in [1.165, 1.54) is 0 Å². The molecule has 0 aromatic rings. The summed E-state index contributed by atoms with van der Waals surface area (Å²) >= 11 is 0. The summed E-state index contributed by atoms with van der Waals surface area (Å²) in [6.45, 7) is 0. The zero-order valence-corrected chi connectivity index (χ0v) is 6.67. The molecule has 64 valence electrons. The fourth-order valence-electron chi connectivity index (χ4n) is 6.15. The van der Waals surface area contributed by atoms with Crippen molar-refractivity contribution in [2.45, 2.75) is 12.2 Å². The monoisotopic (exact) mass is 164 g/mol. The van der Waals surface area contributed by atoms with Crippen molar-refractivity contribution in [1.82, 2.24) is 0 Å². The van der Waals surface area contributed by atoms with Crippen molar-refractivity contribution in [2.24, 2.45) is 47.3 Å². The molecule has 0 heterocycles. The van der Waals surface area contributed by atoms with Crippen LogP contribution in [0.25, 0.3) is 0 Å². The van der Waals surface area contributed by atoms with Crippen LogP contribution in [-0.2, 0) is 0 Å². The summed E-state index contributed by atoms with van der Waals surface area (Å²) in [5.41, 5.74) is 0. The number of rotatable bonds is 0. The third-order valence-electron chi connectivity index (χ3n) is 6.02. The molecule has 2 N–H and O–H groups in total. The Balaban J connectivity index is 1.83. The van der Waals surface area contributed by atoms with Gasteiger partial charge in [-0.05, 0) is 47.3 Å². The quantitative estimate of drug-likeness (QED) is 0.516. The van der Waals surface area contributed by atoms with Gasteiger partial charge in [-0.2, -0.15) is 0 Å². The van der Waals surface area contributed by atoms with Crippen LogP contribution in [0, 0.1) is 47.3 Å². The lowest BCUT2D eigenvalue weighted by atomic mass is 9.41. The highest BCUT2D eigenvalue weighted by Crippen LogP contribution is 2.88. The second-order valence-corrected chi connectivity index (χ2v) is 5.60. The predicted octanol–water partition coefficient (Wildman–Crippen LogP) is -0.294. The van der Waals surface area contributed by atoms with Gasteiger partial charge < -0.3 is 10.2 Å².